The Kier molecular flexibility index (Phi) is 3.13. The first-order valence-electron chi connectivity index (χ1n) is 6.17. The Morgan fingerprint density at radius 1 is 1.16 bits per heavy atom. The fourth-order valence-corrected chi connectivity index (χ4v) is 2.51. The van der Waals surface area contributed by atoms with Crippen molar-refractivity contribution in [2.24, 2.45) is 5.73 Å². The molecule has 96 valence electrons. The summed E-state index contributed by atoms with van der Waals surface area (Å²) in [4.78, 5) is 8.73. The van der Waals surface area contributed by atoms with E-state index in [-0.39, 0.29) is 4.99 Å². The maximum atomic E-state index is 5.49. The van der Waals surface area contributed by atoms with Gasteiger partial charge in [-0.15, -0.1) is 0 Å². The number of hydrogen-bond acceptors (Lipinski definition) is 4. The largest absolute Gasteiger partial charge is 0.388 e. The molecule has 1 aromatic carbocycles. The zero-order chi connectivity index (χ0) is 13.2. The number of rotatable bonds is 3. The second-order valence-corrected chi connectivity index (χ2v) is 5.11. The third-order valence-corrected chi connectivity index (χ3v) is 3.52. The van der Waals surface area contributed by atoms with E-state index in [1.54, 1.807) is 12.4 Å². The summed E-state index contributed by atoms with van der Waals surface area (Å²) in [6.07, 6.45) is 5.33. The fraction of sp³-hybridized carbons (Fsp3) is 0.214. The van der Waals surface area contributed by atoms with E-state index in [1.165, 1.54) is 11.1 Å². The molecule has 0 saturated carbocycles. The Morgan fingerprint density at radius 3 is 2.37 bits per heavy atom. The van der Waals surface area contributed by atoms with Gasteiger partial charge in [0.15, 0.2) is 0 Å². The average molecular weight is 270 g/mol. The van der Waals surface area contributed by atoms with Crippen LogP contribution in [0.15, 0.2) is 36.7 Å². The highest BCUT2D eigenvalue weighted by molar-refractivity contribution is 7.80. The molecule has 3 rings (SSSR count). The van der Waals surface area contributed by atoms with Crippen LogP contribution in [0.3, 0.4) is 0 Å². The summed E-state index contributed by atoms with van der Waals surface area (Å²) in [6, 6.07) is 8.90. The second-order valence-electron chi connectivity index (χ2n) is 4.67. The molecule has 0 amide bonds. The number of thiocarbonyl (C=S) groups is 1. The molecule has 0 bridgehead atoms. The first-order valence-corrected chi connectivity index (χ1v) is 6.58. The number of nitrogens with one attached hydrogen (secondary N) is 1. The van der Waals surface area contributed by atoms with Gasteiger partial charge in [0.25, 0.3) is 0 Å². The van der Waals surface area contributed by atoms with E-state index in [0.717, 1.165) is 18.7 Å². The molecule has 5 heteroatoms. The Bertz CT molecular complexity index is 584. The second kappa shape index (κ2) is 4.93. The molecule has 0 radical (unpaired) electrons. The highest BCUT2D eigenvalue weighted by Gasteiger charge is 2.20. The van der Waals surface area contributed by atoms with E-state index in [4.69, 9.17) is 18.0 Å². The predicted molar refractivity (Wildman–Crippen MR) is 79.2 cm³/mol. The zero-order valence-corrected chi connectivity index (χ0v) is 11.2. The number of nitrogens with two attached hydrogens (primary N) is 1. The van der Waals surface area contributed by atoms with E-state index >= 15 is 0 Å². The number of benzene rings is 1. The lowest BCUT2D eigenvalue weighted by atomic mass is 10.1. The van der Waals surface area contributed by atoms with Gasteiger partial charge in [-0.3, -0.25) is 0 Å². The molecule has 0 fully saturated rings. The van der Waals surface area contributed by atoms with Crippen LogP contribution in [0, 0.1) is 0 Å². The average Bonchev–Trinajstić information content (AvgIpc) is 2.81. The number of anilines is 1. The molecule has 19 heavy (non-hydrogen) atoms. The van der Waals surface area contributed by atoms with Crippen molar-refractivity contribution in [3.8, 4) is 0 Å². The smallest absolute Gasteiger partial charge is 0.144 e. The Morgan fingerprint density at radius 2 is 1.84 bits per heavy atom. The van der Waals surface area contributed by atoms with Gasteiger partial charge in [-0.2, -0.15) is 0 Å². The minimum absolute atomic E-state index is 0.271. The molecule has 0 aliphatic heterocycles. The zero-order valence-electron chi connectivity index (χ0n) is 10.3. The molecule has 1 aliphatic carbocycles. The normalized spacial score (nSPS) is 14.1. The Balaban J connectivity index is 1.69. The van der Waals surface area contributed by atoms with Gasteiger partial charge in [0.2, 0.25) is 0 Å². The van der Waals surface area contributed by atoms with Crippen LogP contribution in [-0.2, 0) is 12.8 Å². The minimum Gasteiger partial charge on any atom is -0.388 e. The summed E-state index contributed by atoms with van der Waals surface area (Å²) in [5.74, 6) is 0.762. The van der Waals surface area contributed by atoms with Crippen LogP contribution >= 0.6 is 12.2 Å². The number of nitrogens with zero attached hydrogens (tertiary/aromatic N) is 2. The van der Waals surface area contributed by atoms with Gasteiger partial charge in [-0.25, -0.2) is 9.97 Å². The third-order valence-electron chi connectivity index (χ3n) is 3.31. The van der Waals surface area contributed by atoms with Crippen LogP contribution < -0.4 is 11.1 Å². The lowest BCUT2D eigenvalue weighted by Gasteiger charge is -2.12. The Labute approximate surface area is 117 Å². The van der Waals surface area contributed by atoms with Crippen molar-refractivity contribution in [1.29, 1.82) is 0 Å². The molecule has 1 aliphatic rings. The van der Waals surface area contributed by atoms with Crippen LogP contribution in [0.25, 0.3) is 0 Å². The number of hydrogen-bond donors (Lipinski definition) is 2. The van der Waals surface area contributed by atoms with Gasteiger partial charge < -0.3 is 11.1 Å². The highest BCUT2D eigenvalue weighted by atomic mass is 32.1. The first kappa shape index (κ1) is 12.0. The maximum absolute atomic E-state index is 5.49. The fourth-order valence-electron chi connectivity index (χ4n) is 2.40. The van der Waals surface area contributed by atoms with Gasteiger partial charge >= 0.3 is 0 Å². The molecule has 0 unspecified atom stereocenters. The minimum atomic E-state index is 0.271. The molecule has 3 N–H and O–H groups in total. The molecule has 2 aromatic rings. The van der Waals surface area contributed by atoms with Crippen LogP contribution in [0.5, 0.6) is 0 Å². The van der Waals surface area contributed by atoms with E-state index in [9.17, 15) is 0 Å². The summed E-state index contributed by atoms with van der Waals surface area (Å²) < 4.78 is 0. The summed E-state index contributed by atoms with van der Waals surface area (Å²) in [7, 11) is 0. The number of fused-ring (bicyclic) bond motifs is 1. The summed E-state index contributed by atoms with van der Waals surface area (Å²) in [6.45, 7) is 0. The monoisotopic (exact) mass is 270 g/mol. The van der Waals surface area contributed by atoms with Crippen LogP contribution in [0.2, 0.25) is 0 Å². The standard InChI is InChI=1S/C14H14N4S/c15-14(19)12-7-17-13(8-16-12)18-11-5-9-3-1-2-4-10(9)6-11/h1-4,7-8,11H,5-6H2,(H2,15,19)(H,17,18). The van der Waals surface area contributed by atoms with Crippen molar-refractivity contribution in [3.63, 3.8) is 0 Å². The van der Waals surface area contributed by atoms with Crippen molar-refractivity contribution in [2.75, 3.05) is 5.32 Å². The molecule has 1 heterocycles. The highest BCUT2D eigenvalue weighted by Crippen LogP contribution is 2.23. The molecule has 4 nitrogen and oxygen atoms in total. The molecule has 1 aromatic heterocycles. The van der Waals surface area contributed by atoms with Crippen molar-refractivity contribution < 1.29 is 0 Å². The topological polar surface area (TPSA) is 63.8 Å². The predicted octanol–water partition coefficient (Wildman–Crippen LogP) is 1.69. The summed E-state index contributed by atoms with van der Waals surface area (Å²) >= 11 is 4.85. The molecule has 0 saturated heterocycles. The molecule has 0 spiro atoms. The van der Waals surface area contributed by atoms with Crippen molar-refractivity contribution in [3.05, 3.63) is 53.5 Å². The summed E-state index contributed by atoms with van der Waals surface area (Å²) in [5, 5.41) is 3.40. The quantitative estimate of drug-likeness (QED) is 0.831. The van der Waals surface area contributed by atoms with Crippen LogP contribution in [0.4, 0.5) is 5.82 Å². The van der Waals surface area contributed by atoms with Crippen LogP contribution in [0.1, 0.15) is 16.8 Å². The first-order chi connectivity index (χ1) is 9.22. The molecular weight excluding hydrogens is 256 g/mol. The van der Waals surface area contributed by atoms with Crippen molar-refractivity contribution in [1.82, 2.24) is 9.97 Å². The van der Waals surface area contributed by atoms with Crippen LogP contribution in [-0.4, -0.2) is 21.0 Å². The van der Waals surface area contributed by atoms with E-state index in [1.807, 2.05) is 0 Å². The van der Waals surface area contributed by atoms with E-state index < -0.39 is 0 Å². The van der Waals surface area contributed by atoms with Gasteiger partial charge in [0.05, 0.1) is 12.4 Å². The lowest BCUT2D eigenvalue weighted by molar-refractivity contribution is 0.767. The number of aromatic nitrogens is 2. The Hall–Kier alpha value is -2.01. The lowest BCUT2D eigenvalue weighted by Crippen LogP contribution is -2.21. The third kappa shape index (κ3) is 2.56. The summed E-state index contributed by atoms with van der Waals surface area (Å²) in [5.41, 5.74) is 8.86. The maximum Gasteiger partial charge on any atom is 0.144 e. The SMILES string of the molecule is NC(=S)c1cnc(NC2Cc3ccccc3C2)cn1. The van der Waals surface area contributed by atoms with Gasteiger partial charge in [-0.05, 0) is 24.0 Å². The van der Waals surface area contributed by atoms with E-state index in [2.05, 4.69) is 39.6 Å². The van der Waals surface area contributed by atoms with Crippen molar-refractivity contribution >= 4 is 23.0 Å². The van der Waals surface area contributed by atoms with Gasteiger partial charge in [0, 0.05) is 6.04 Å². The van der Waals surface area contributed by atoms with Gasteiger partial charge in [0.1, 0.15) is 16.5 Å². The van der Waals surface area contributed by atoms with Crippen molar-refractivity contribution in [2.45, 2.75) is 18.9 Å². The van der Waals surface area contributed by atoms with E-state index in [0.29, 0.717) is 11.7 Å². The molecular formula is C14H14N4S. The molecule has 0 atom stereocenters. The van der Waals surface area contributed by atoms with Gasteiger partial charge in [-0.1, -0.05) is 36.5 Å².